The highest BCUT2D eigenvalue weighted by atomic mass is 32.2. The van der Waals surface area contributed by atoms with Crippen molar-refractivity contribution in [2.45, 2.75) is 146 Å². The number of epoxide rings is 1. The minimum atomic E-state index is -0.838. The van der Waals surface area contributed by atoms with Crippen LogP contribution >= 0.6 is 11.8 Å². The predicted octanol–water partition coefficient (Wildman–Crippen LogP) is 3.59. The minimum absolute atomic E-state index is 0.0272. The predicted molar refractivity (Wildman–Crippen MR) is 190 cm³/mol. The number of likely N-dealkylation sites (tertiary alicyclic amines) is 1. The van der Waals surface area contributed by atoms with Gasteiger partial charge in [0.25, 0.3) is 0 Å². The van der Waals surface area contributed by atoms with Gasteiger partial charge in [-0.2, -0.15) is 11.8 Å². The summed E-state index contributed by atoms with van der Waals surface area (Å²) in [5.41, 5.74) is 0.296. The summed E-state index contributed by atoms with van der Waals surface area (Å²) in [5.74, 6) is -0.446. The number of hydrogen-bond donors (Lipinski definition) is 2. The number of ketones is 1. The van der Waals surface area contributed by atoms with E-state index >= 15 is 0 Å². The third kappa shape index (κ3) is 9.98. The van der Waals surface area contributed by atoms with Gasteiger partial charge >= 0.3 is 5.97 Å². The topological polar surface area (TPSA) is 161 Å². The number of allylic oxidation sites excluding steroid dienone is 2. The van der Waals surface area contributed by atoms with Crippen molar-refractivity contribution in [3.05, 3.63) is 36.0 Å². The van der Waals surface area contributed by atoms with Gasteiger partial charge in [-0.15, -0.1) is 0 Å². The number of esters is 1. The van der Waals surface area contributed by atoms with Crippen LogP contribution in [-0.2, 0) is 42.9 Å². The first-order valence-electron chi connectivity index (χ1n) is 18.2. The Morgan fingerprint density at radius 1 is 1.12 bits per heavy atom. The molecule has 1 aliphatic carbocycles. The van der Waals surface area contributed by atoms with Crippen LogP contribution < -0.4 is 5.32 Å². The number of aliphatic hydroxyl groups excluding tert-OH is 1. The van der Waals surface area contributed by atoms with Gasteiger partial charge < -0.3 is 29.4 Å². The van der Waals surface area contributed by atoms with Gasteiger partial charge in [0.05, 0.1) is 36.2 Å². The molecule has 5 rings (SSSR count). The van der Waals surface area contributed by atoms with Gasteiger partial charge in [0.2, 0.25) is 17.7 Å². The molecule has 2 N–H and O–H groups in total. The number of imide groups is 1. The van der Waals surface area contributed by atoms with Crippen molar-refractivity contribution in [2.24, 2.45) is 11.8 Å². The summed E-state index contributed by atoms with van der Waals surface area (Å²) < 4.78 is 23.3. The summed E-state index contributed by atoms with van der Waals surface area (Å²) >= 11 is 1.41. The van der Waals surface area contributed by atoms with Crippen LogP contribution in [0, 0.1) is 11.8 Å². The number of hydrogen-bond acceptors (Lipinski definition) is 11. The van der Waals surface area contributed by atoms with E-state index in [0.29, 0.717) is 38.7 Å². The van der Waals surface area contributed by atoms with Crippen LogP contribution in [0.1, 0.15) is 86.0 Å². The largest absolute Gasteiger partial charge is 0.459 e. The highest BCUT2D eigenvalue weighted by molar-refractivity contribution is 8.00. The van der Waals surface area contributed by atoms with E-state index in [-0.39, 0.29) is 83.8 Å². The van der Waals surface area contributed by atoms with Gasteiger partial charge in [-0.05, 0) is 70.6 Å². The molecule has 5 fully saturated rings. The molecule has 0 aromatic heterocycles. The van der Waals surface area contributed by atoms with E-state index in [2.05, 4.69) is 18.3 Å². The Morgan fingerprint density at radius 3 is 2.49 bits per heavy atom. The van der Waals surface area contributed by atoms with Gasteiger partial charge in [0, 0.05) is 44.7 Å². The lowest BCUT2D eigenvalue weighted by molar-refractivity contribution is -0.146. The van der Waals surface area contributed by atoms with Gasteiger partial charge in [0.1, 0.15) is 29.7 Å². The number of nitrogens with zero attached hydrogens (tertiary/aromatic N) is 1. The first-order chi connectivity index (χ1) is 24.2. The molecule has 5 aliphatic rings. The lowest BCUT2D eigenvalue weighted by atomic mass is 9.75. The Kier molecular flexibility index (Phi) is 13.0. The Bertz CT molecular complexity index is 1420. The van der Waals surface area contributed by atoms with Gasteiger partial charge in [0.15, 0.2) is 0 Å². The van der Waals surface area contributed by atoms with E-state index in [0.717, 1.165) is 12.0 Å². The molecular formula is C38H54N2O10S. The van der Waals surface area contributed by atoms with Crippen molar-refractivity contribution >= 4 is 41.2 Å². The second kappa shape index (κ2) is 16.9. The maximum Gasteiger partial charge on any atom is 0.303 e. The lowest BCUT2D eigenvalue weighted by Crippen LogP contribution is -2.50. The first-order valence-corrected chi connectivity index (χ1v) is 19.5. The van der Waals surface area contributed by atoms with Crippen molar-refractivity contribution in [2.75, 3.05) is 12.9 Å². The number of Topliss-reactive ketones (excluding diaryl/α,β-unsaturated/α-hetero) is 1. The number of carbonyl (C=O) groups excluding carboxylic acids is 5. The smallest absolute Gasteiger partial charge is 0.303 e. The van der Waals surface area contributed by atoms with E-state index in [9.17, 15) is 29.1 Å². The third-order valence-corrected chi connectivity index (χ3v) is 11.8. The van der Waals surface area contributed by atoms with Crippen LogP contribution in [0.5, 0.6) is 0 Å². The number of thioether (sulfide) groups is 1. The average Bonchev–Trinajstić information content (AvgIpc) is 3.76. The Balaban J connectivity index is 1.06. The third-order valence-electron chi connectivity index (χ3n) is 10.9. The molecule has 282 valence electrons. The van der Waals surface area contributed by atoms with Crippen molar-refractivity contribution < 1.29 is 48.0 Å². The number of ether oxygens (including phenoxy) is 4. The van der Waals surface area contributed by atoms with E-state index < -0.39 is 29.9 Å². The fraction of sp³-hybridized carbons (Fsp3) is 0.711. The number of carbonyl (C=O) groups is 5. The summed E-state index contributed by atoms with van der Waals surface area (Å²) in [6.07, 6.45) is 12.2. The van der Waals surface area contributed by atoms with E-state index in [4.69, 9.17) is 18.9 Å². The van der Waals surface area contributed by atoms with Crippen molar-refractivity contribution in [3.8, 4) is 0 Å². The molecule has 10 atom stereocenters. The molecule has 4 heterocycles. The minimum Gasteiger partial charge on any atom is -0.459 e. The molecule has 51 heavy (non-hydrogen) atoms. The maximum absolute atomic E-state index is 13.1. The van der Waals surface area contributed by atoms with Gasteiger partial charge in [-0.3, -0.25) is 28.9 Å². The first kappa shape index (κ1) is 39.4. The number of rotatable bonds is 14. The standard InChI is InChI=1S/C38H54N2O10S/c1-21(7-10-31-22(2)13-30(24(4)49-31)39-34(43)12-9-23(3)48-25(5)41)8-11-32-36(45)38(20-47-38)19-29(50-32)17-28(42)16-26-14-27(15-26)40-35(44)18-33(51-6)37(40)46/h7-9,11-12,22-24,26-27,29-33,36,45H,10,13-20H2,1-6H3,(H,39,43)/b11-8+,12-9-,21-7+/t22-,23-,24+,26?,27?,29+,30+,31-,32+,33?,36+,38+/m0/s1. The van der Waals surface area contributed by atoms with E-state index in [1.807, 2.05) is 32.3 Å². The molecule has 3 amide bonds. The fourth-order valence-corrected chi connectivity index (χ4v) is 8.44. The quantitative estimate of drug-likeness (QED) is 0.0884. The maximum atomic E-state index is 13.1. The SMILES string of the molecule is CSC1CC(=O)N(C2CC(CC(=O)C[C@@H]3C[C@@]4(CO4)[C@H](O)[C@@H](/C=C/C(C)=C/C[C@@H]4O[C@H](C)[C@H](NC(=O)/C=C\[C@H](C)OC(C)=O)C[C@@H]4C)O3)C2)C1=O. The number of nitrogens with one attached hydrogen (secondary N) is 1. The zero-order valence-electron chi connectivity index (χ0n) is 30.6. The average molecular weight is 731 g/mol. The molecule has 1 spiro atoms. The molecule has 0 bridgehead atoms. The zero-order valence-corrected chi connectivity index (χ0v) is 31.4. The summed E-state index contributed by atoms with van der Waals surface area (Å²) in [6, 6.07) is -0.247. The van der Waals surface area contributed by atoms with Crippen molar-refractivity contribution in [1.29, 1.82) is 0 Å². The molecule has 12 nitrogen and oxygen atoms in total. The van der Waals surface area contributed by atoms with Crippen LogP contribution in [0.15, 0.2) is 36.0 Å². The fourth-order valence-electron chi connectivity index (χ4n) is 7.81. The van der Waals surface area contributed by atoms with Gasteiger partial charge in [-0.1, -0.05) is 30.7 Å². The molecule has 0 aromatic rings. The molecule has 0 aromatic carbocycles. The van der Waals surface area contributed by atoms with Crippen LogP contribution in [0.4, 0.5) is 0 Å². The van der Waals surface area contributed by atoms with Crippen LogP contribution in [0.3, 0.4) is 0 Å². The summed E-state index contributed by atoms with van der Waals surface area (Å²) in [7, 11) is 0. The lowest BCUT2D eigenvalue weighted by Gasteiger charge is -2.40. The second-order valence-electron chi connectivity index (χ2n) is 15.1. The molecule has 1 saturated carbocycles. The Hall–Kier alpha value is -2.84. The molecule has 0 radical (unpaired) electrons. The molecule has 13 heteroatoms. The number of amides is 3. The van der Waals surface area contributed by atoms with E-state index in [1.54, 1.807) is 13.0 Å². The normalized spacial score (nSPS) is 37.5. The van der Waals surface area contributed by atoms with Crippen LogP contribution in [0.25, 0.3) is 0 Å². The molecular weight excluding hydrogens is 676 g/mol. The number of aliphatic hydroxyl groups is 1. The summed E-state index contributed by atoms with van der Waals surface area (Å²) in [5, 5.41) is 13.8. The zero-order chi connectivity index (χ0) is 37.0. The van der Waals surface area contributed by atoms with Crippen LogP contribution in [0.2, 0.25) is 0 Å². The highest BCUT2D eigenvalue weighted by Crippen LogP contribution is 2.44. The van der Waals surface area contributed by atoms with Gasteiger partial charge in [-0.25, -0.2) is 0 Å². The van der Waals surface area contributed by atoms with Crippen LogP contribution in [-0.4, -0.2) is 112 Å². The highest BCUT2D eigenvalue weighted by Gasteiger charge is 2.58. The molecule has 4 aliphatic heterocycles. The molecule has 4 saturated heterocycles. The Morgan fingerprint density at radius 2 is 1.84 bits per heavy atom. The Labute approximate surface area is 305 Å². The van der Waals surface area contributed by atoms with E-state index in [1.165, 1.54) is 29.7 Å². The molecule has 1 unspecified atom stereocenters. The summed E-state index contributed by atoms with van der Waals surface area (Å²) in [6.45, 7) is 9.49. The monoisotopic (exact) mass is 730 g/mol. The van der Waals surface area contributed by atoms with Crippen molar-refractivity contribution in [3.63, 3.8) is 0 Å². The summed E-state index contributed by atoms with van der Waals surface area (Å²) in [4.78, 5) is 63.0. The second-order valence-corrected chi connectivity index (χ2v) is 16.2. The van der Waals surface area contributed by atoms with Crippen molar-refractivity contribution in [1.82, 2.24) is 10.2 Å².